The fraction of sp³-hybridized carbons (Fsp3) is 0.833. The first kappa shape index (κ1) is 17.8. The van der Waals surface area contributed by atoms with Gasteiger partial charge in [-0.15, -0.1) is 0 Å². The van der Waals surface area contributed by atoms with Crippen LogP contribution < -0.4 is 11.1 Å². The summed E-state index contributed by atoms with van der Waals surface area (Å²) in [7, 11) is 0. The summed E-state index contributed by atoms with van der Waals surface area (Å²) in [6.45, 7) is 4.08. The average molecular weight is 276 g/mol. The lowest BCUT2D eigenvalue weighted by atomic mass is 10.3. The van der Waals surface area contributed by atoms with Crippen LogP contribution in [-0.2, 0) is 23.8 Å². The lowest BCUT2D eigenvalue weighted by Crippen LogP contribution is -2.29. The van der Waals surface area contributed by atoms with E-state index in [2.05, 4.69) is 12.2 Å². The molecule has 3 N–H and O–H groups in total. The molecule has 0 aromatic heterocycles. The molecule has 0 heterocycles. The van der Waals surface area contributed by atoms with Crippen LogP contribution in [0.15, 0.2) is 0 Å². The second kappa shape index (κ2) is 13.3. The Morgan fingerprint density at radius 1 is 1.00 bits per heavy atom. The molecule has 19 heavy (non-hydrogen) atoms. The van der Waals surface area contributed by atoms with E-state index in [0.29, 0.717) is 33.0 Å². The molecule has 7 nitrogen and oxygen atoms in total. The molecule has 0 saturated heterocycles. The minimum absolute atomic E-state index is 0.0469. The van der Waals surface area contributed by atoms with Crippen LogP contribution in [0.2, 0.25) is 0 Å². The van der Waals surface area contributed by atoms with Gasteiger partial charge in [0.05, 0.1) is 26.4 Å². The molecule has 0 unspecified atom stereocenters. The van der Waals surface area contributed by atoms with Crippen LogP contribution in [0.5, 0.6) is 0 Å². The van der Waals surface area contributed by atoms with Crippen molar-refractivity contribution < 1.29 is 23.8 Å². The van der Waals surface area contributed by atoms with Crippen molar-refractivity contribution in [2.45, 2.75) is 19.8 Å². The van der Waals surface area contributed by atoms with Gasteiger partial charge in [0.2, 0.25) is 11.8 Å². The van der Waals surface area contributed by atoms with Crippen LogP contribution in [0.25, 0.3) is 0 Å². The zero-order valence-electron chi connectivity index (χ0n) is 11.5. The Kier molecular flexibility index (Phi) is 12.4. The normalized spacial score (nSPS) is 10.4. The second-order valence-electron chi connectivity index (χ2n) is 3.89. The van der Waals surface area contributed by atoms with Crippen LogP contribution >= 0.6 is 0 Å². The molecular weight excluding hydrogens is 252 g/mol. The first-order chi connectivity index (χ1) is 9.16. The van der Waals surface area contributed by atoms with Gasteiger partial charge in [0.25, 0.3) is 0 Å². The molecule has 0 bridgehead atoms. The summed E-state index contributed by atoms with van der Waals surface area (Å²) in [5.74, 6) is -0.615. The van der Waals surface area contributed by atoms with Gasteiger partial charge in [-0.05, 0) is 6.42 Å². The maximum Gasteiger partial charge on any atom is 0.245 e. The molecule has 0 aliphatic rings. The maximum absolute atomic E-state index is 11.2. The Morgan fingerprint density at radius 2 is 1.58 bits per heavy atom. The molecule has 0 aliphatic carbocycles. The number of carbonyl (C=O) groups is 2. The number of ether oxygens (including phenoxy) is 3. The van der Waals surface area contributed by atoms with Crippen molar-refractivity contribution in [3.05, 3.63) is 0 Å². The van der Waals surface area contributed by atoms with E-state index >= 15 is 0 Å². The number of carbonyl (C=O) groups excluding carboxylic acids is 2. The van der Waals surface area contributed by atoms with Crippen LogP contribution in [0.1, 0.15) is 19.8 Å². The zero-order valence-corrected chi connectivity index (χ0v) is 11.5. The van der Waals surface area contributed by atoms with Gasteiger partial charge in [-0.3, -0.25) is 9.59 Å². The van der Waals surface area contributed by atoms with Gasteiger partial charge in [-0.2, -0.15) is 0 Å². The Hall–Kier alpha value is -1.18. The lowest BCUT2D eigenvalue weighted by molar-refractivity contribution is -0.126. The van der Waals surface area contributed by atoms with Gasteiger partial charge < -0.3 is 25.3 Å². The van der Waals surface area contributed by atoms with Crippen molar-refractivity contribution in [2.75, 3.05) is 46.2 Å². The Morgan fingerprint density at radius 3 is 2.16 bits per heavy atom. The van der Waals surface area contributed by atoms with E-state index in [9.17, 15) is 9.59 Å². The van der Waals surface area contributed by atoms with Crippen LogP contribution in [-0.4, -0.2) is 58.0 Å². The number of rotatable bonds is 13. The van der Waals surface area contributed by atoms with E-state index in [1.807, 2.05) is 0 Å². The van der Waals surface area contributed by atoms with E-state index in [1.54, 1.807) is 0 Å². The SMILES string of the molecule is CCCCNC(=O)COCCOCCOCC(N)=O. The van der Waals surface area contributed by atoms with E-state index in [0.717, 1.165) is 12.8 Å². The minimum Gasteiger partial charge on any atom is -0.377 e. The van der Waals surface area contributed by atoms with Crippen molar-refractivity contribution in [2.24, 2.45) is 5.73 Å². The first-order valence-electron chi connectivity index (χ1n) is 6.45. The lowest BCUT2D eigenvalue weighted by Gasteiger charge is -2.06. The fourth-order valence-corrected chi connectivity index (χ4v) is 1.13. The van der Waals surface area contributed by atoms with Gasteiger partial charge >= 0.3 is 0 Å². The largest absolute Gasteiger partial charge is 0.377 e. The molecule has 0 atom stereocenters. The van der Waals surface area contributed by atoms with Crippen molar-refractivity contribution in [1.29, 1.82) is 0 Å². The van der Waals surface area contributed by atoms with Gasteiger partial charge in [-0.25, -0.2) is 0 Å². The molecule has 0 aliphatic heterocycles. The highest BCUT2D eigenvalue weighted by atomic mass is 16.5. The minimum atomic E-state index is -0.502. The predicted octanol–water partition coefficient (Wildman–Crippen LogP) is -0.562. The summed E-state index contributed by atoms with van der Waals surface area (Å²) in [5, 5.41) is 2.74. The summed E-state index contributed by atoms with van der Waals surface area (Å²) in [5.41, 5.74) is 4.88. The van der Waals surface area contributed by atoms with Crippen molar-refractivity contribution >= 4 is 11.8 Å². The molecule has 0 aromatic carbocycles. The van der Waals surface area contributed by atoms with E-state index in [-0.39, 0.29) is 19.1 Å². The summed E-state index contributed by atoms with van der Waals surface area (Å²) in [6, 6.07) is 0. The van der Waals surface area contributed by atoms with Crippen molar-refractivity contribution in [3.8, 4) is 0 Å². The van der Waals surface area contributed by atoms with Crippen molar-refractivity contribution in [3.63, 3.8) is 0 Å². The number of nitrogens with two attached hydrogens (primary N) is 1. The van der Waals surface area contributed by atoms with Crippen molar-refractivity contribution in [1.82, 2.24) is 5.32 Å². The van der Waals surface area contributed by atoms with Crippen LogP contribution in [0.4, 0.5) is 0 Å². The molecule has 7 heteroatoms. The van der Waals surface area contributed by atoms with Crippen LogP contribution in [0, 0.1) is 0 Å². The monoisotopic (exact) mass is 276 g/mol. The van der Waals surface area contributed by atoms with Crippen LogP contribution in [0.3, 0.4) is 0 Å². The van der Waals surface area contributed by atoms with E-state index < -0.39 is 5.91 Å². The quantitative estimate of drug-likeness (QED) is 0.439. The molecule has 2 amide bonds. The van der Waals surface area contributed by atoms with E-state index in [1.165, 1.54) is 0 Å². The number of hydrogen-bond donors (Lipinski definition) is 2. The molecule has 0 saturated carbocycles. The third-order valence-electron chi connectivity index (χ3n) is 2.07. The van der Waals surface area contributed by atoms with Gasteiger partial charge in [0, 0.05) is 6.54 Å². The summed E-state index contributed by atoms with van der Waals surface area (Å²) in [6.07, 6.45) is 2.02. The zero-order chi connectivity index (χ0) is 14.3. The smallest absolute Gasteiger partial charge is 0.245 e. The third kappa shape index (κ3) is 14.8. The molecule has 0 spiro atoms. The summed E-state index contributed by atoms with van der Waals surface area (Å²) < 4.78 is 15.2. The maximum atomic E-state index is 11.2. The Bertz CT molecular complexity index is 248. The first-order valence-corrected chi connectivity index (χ1v) is 6.45. The molecule has 0 fully saturated rings. The molecule has 0 aromatic rings. The number of nitrogens with one attached hydrogen (secondary N) is 1. The number of primary amides is 1. The molecule has 112 valence electrons. The average Bonchev–Trinajstić information content (AvgIpc) is 2.36. The van der Waals surface area contributed by atoms with Gasteiger partial charge in [0.1, 0.15) is 13.2 Å². The number of unbranched alkanes of at least 4 members (excludes halogenated alkanes) is 1. The van der Waals surface area contributed by atoms with E-state index in [4.69, 9.17) is 19.9 Å². The third-order valence-corrected chi connectivity index (χ3v) is 2.07. The number of hydrogen-bond acceptors (Lipinski definition) is 5. The summed E-state index contributed by atoms with van der Waals surface area (Å²) in [4.78, 5) is 21.5. The molecule has 0 radical (unpaired) electrons. The fourth-order valence-electron chi connectivity index (χ4n) is 1.13. The standard InChI is InChI=1S/C12H24N2O5/c1-2-3-4-14-12(16)10-19-8-6-17-5-7-18-9-11(13)15/h2-10H2,1H3,(H2,13,15)(H,14,16). The second-order valence-corrected chi connectivity index (χ2v) is 3.89. The summed E-state index contributed by atoms with van der Waals surface area (Å²) >= 11 is 0. The Balaban J connectivity index is 3.13. The number of amides is 2. The molecule has 0 rings (SSSR count). The Labute approximate surface area is 113 Å². The molecular formula is C12H24N2O5. The topological polar surface area (TPSA) is 99.9 Å². The van der Waals surface area contributed by atoms with Gasteiger partial charge in [0.15, 0.2) is 0 Å². The highest BCUT2D eigenvalue weighted by Crippen LogP contribution is 1.84. The predicted molar refractivity (Wildman–Crippen MR) is 69.6 cm³/mol. The highest BCUT2D eigenvalue weighted by molar-refractivity contribution is 5.77. The van der Waals surface area contributed by atoms with Gasteiger partial charge in [-0.1, -0.05) is 13.3 Å². The highest BCUT2D eigenvalue weighted by Gasteiger charge is 2.00.